The van der Waals surface area contributed by atoms with Crippen molar-refractivity contribution in [3.63, 3.8) is 0 Å². The van der Waals surface area contributed by atoms with Crippen LogP contribution in [0.3, 0.4) is 0 Å². The number of benzene rings is 2. The van der Waals surface area contributed by atoms with Crippen LogP contribution in [0.25, 0.3) is 11.3 Å². The number of fused-ring (bicyclic) bond motifs is 1. The van der Waals surface area contributed by atoms with Crippen LogP contribution >= 0.6 is 15.9 Å². The fourth-order valence-electron chi connectivity index (χ4n) is 4.77. The van der Waals surface area contributed by atoms with Crippen molar-refractivity contribution in [2.75, 3.05) is 56.9 Å². The number of ether oxygens (including phenoxy) is 1. The van der Waals surface area contributed by atoms with Gasteiger partial charge in [0, 0.05) is 56.1 Å². The van der Waals surface area contributed by atoms with Crippen molar-refractivity contribution in [3.05, 3.63) is 59.0 Å². The number of hydrogen-bond acceptors (Lipinski definition) is 9. The number of carbonyl (C=O) groups excluding carboxylic acids is 1. The van der Waals surface area contributed by atoms with E-state index in [1.807, 2.05) is 45.1 Å². The quantitative estimate of drug-likeness (QED) is 0.237. The van der Waals surface area contributed by atoms with E-state index in [-0.39, 0.29) is 17.9 Å². The van der Waals surface area contributed by atoms with Crippen LogP contribution in [0.15, 0.2) is 52.6 Å². The Morgan fingerprint density at radius 3 is 2.60 bits per heavy atom. The largest absolute Gasteiger partial charge is 0.494 e. The van der Waals surface area contributed by atoms with Gasteiger partial charge in [0.25, 0.3) is 0 Å². The minimum Gasteiger partial charge on any atom is -0.494 e. The molecule has 228 valence electrons. The zero-order chi connectivity index (χ0) is 31.4. The second kappa shape index (κ2) is 13.5. The summed E-state index contributed by atoms with van der Waals surface area (Å²) >= 11 is 3.54. The molecule has 0 radical (unpaired) electrons. The summed E-state index contributed by atoms with van der Waals surface area (Å²) in [6, 6.07) is 7.20. The van der Waals surface area contributed by atoms with Crippen LogP contribution in [0.4, 0.5) is 33.1 Å². The third-order valence-electron chi connectivity index (χ3n) is 7.11. The highest BCUT2D eigenvalue weighted by molar-refractivity contribution is 9.10. The second-order valence-electron chi connectivity index (χ2n) is 10.8. The number of nitrogens with zero attached hydrogens (tertiary/aromatic N) is 6. The number of carbonyl (C=O) groups is 1. The molecule has 0 bridgehead atoms. The molecular formula is C31H38BrFN8O2. The molecule has 2 heterocycles. The first-order chi connectivity index (χ1) is 20.4. The lowest BCUT2D eigenvalue weighted by Crippen LogP contribution is -2.36. The summed E-state index contributed by atoms with van der Waals surface area (Å²) in [7, 11) is 7.52. The normalized spacial score (nSPS) is 12.6. The molecule has 0 atom stereocenters. The SMILES string of the molecule is C=CC(=O)Nc1cc(Nc2ncc(Br)c(-c3cc(F)c4c(c3)CN(C(C)C)C(C)=N4)n2)c(OC)cc1N(C)CCN(C)C. The number of aliphatic imine (C=N–C) groups is 1. The standard InChI is InChI=1S/C31H38BrFN8O2/c1-9-28(42)36-24-14-25(27(43-8)15-26(24)40(7)11-10-39(5)6)37-31-34-16-22(32)29(38-31)20-12-21-17-41(18(2)3)19(4)35-30(21)23(33)13-20/h9,12-16,18H,1,10-11,17H2,2-8H3,(H,36,42)(H,34,37,38). The third kappa shape index (κ3) is 7.31. The molecule has 0 saturated carbocycles. The van der Waals surface area contributed by atoms with Gasteiger partial charge in [0.2, 0.25) is 11.9 Å². The van der Waals surface area contributed by atoms with Crippen molar-refractivity contribution in [3.8, 4) is 17.0 Å². The number of amides is 1. The Morgan fingerprint density at radius 2 is 1.95 bits per heavy atom. The Morgan fingerprint density at radius 1 is 1.21 bits per heavy atom. The number of amidine groups is 1. The molecule has 0 fully saturated rings. The maximum Gasteiger partial charge on any atom is 0.247 e. The number of hydrogen-bond donors (Lipinski definition) is 2. The van der Waals surface area contributed by atoms with Crippen molar-refractivity contribution in [1.82, 2.24) is 19.8 Å². The molecular weight excluding hydrogens is 615 g/mol. The summed E-state index contributed by atoms with van der Waals surface area (Å²) in [6.07, 6.45) is 2.83. The highest BCUT2D eigenvalue weighted by Crippen LogP contribution is 2.39. The van der Waals surface area contributed by atoms with E-state index in [0.29, 0.717) is 45.1 Å². The Bertz CT molecular complexity index is 1560. The van der Waals surface area contributed by atoms with E-state index in [4.69, 9.17) is 9.72 Å². The maximum absolute atomic E-state index is 15.3. The lowest BCUT2D eigenvalue weighted by atomic mass is 10.0. The highest BCUT2D eigenvalue weighted by Gasteiger charge is 2.24. The molecule has 3 aromatic rings. The number of nitrogens with one attached hydrogen (secondary N) is 2. The average molecular weight is 654 g/mol. The highest BCUT2D eigenvalue weighted by atomic mass is 79.9. The smallest absolute Gasteiger partial charge is 0.247 e. The Kier molecular flexibility index (Phi) is 10.0. The van der Waals surface area contributed by atoms with E-state index in [9.17, 15) is 4.79 Å². The lowest BCUT2D eigenvalue weighted by Gasteiger charge is -2.32. The van der Waals surface area contributed by atoms with E-state index in [0.717, 1.165) is 30.2 Å². The van der Waals surface area contributed by atoms with E-state index < -0.39 is 5.82 Å². The van der Waals surface area contributed by atoms with Crippen molar-refractivity contribution in [1.29, 1.82) is 0 Å². The third-order valence-corrected chi connectivity index (χ3v) is 7.69. The van der Waals surface area contributed by atoms with Crippen LogP contribution < -0.4 is 20.3 Å². The molecule has 1 aliphatic heterocycles. The van der Waals surface area contributed by atoms with Gasteiger partial charge in [-0.05, 0) is 75.1 Å². The van der Waals surface area contributed by atoms with Gasteiger partial charge in [0.15, 0.2) is 0 Å². The second-order valence-corrected chi connectivity index (χ2v) is 11.7. The van der Waals surface area contributed by atoms with Gasteiger partial charge in [0.1, 0.15) is 23.1 Å². The van der Waals surface area contributed by atoms with Gasteiger partial charge in [-0.1, -0.05) is 6.58 Å². The first kappa shape index (κ1) is 31.9. The molecule has 12 heteroatoms. The van der Waals surface area contributed by atoms with Gasteiger partial charge in [-0.3, -0.25) is 4.79 Å². The number of anilines is 4. The van der Waals surface area contributed by atoms with E-state index in [2.05, 4.69) is 66.8 Å². The van der Waals surface area contributed by atoms with Crippen molar-refractivity contribution >= 4 is 56.4 Å². The van der Waals surface area contributed by atoms with Gasteiger partial charge in [-0.25, -0.2) is 19.4 Å². The minimum absolute atomic E-state index is 0.223. The summed E-state index contributed by atoms with van der Waals surface area (Å²) < 4.78 is 21.6. The van der Waals surface area contributed by atoms with Crippen LogP contribution in [-0.4, -0.2) is 78.9 Å². The van der Waals surface area contributed by atoms with Crippen LogP contribution in [0.2, 0.25) is 0 Å². The molecule has 0 spiro atoms. The summed E-state index contributed by atoms with van der Waals surface area (Å²) in [5, 5.41) is 6.11. The van der Waals surface area contributed by atoms with Crippen molar-refractivity contribution in [2.24, 2.45) is 4.99 Å². The molecule has 43 heavy (non-hydrogen) atoms. The van der Waals surface area contributed by atoms with Crippen LogP contribution in [-0.2, 0) is 11.3 Å². The van der Waals surface area contributed by atoms with Gasteiger partial charge < -0.3 is 30.1 Å². The molecule has 4 rings (SSSR count). The van der Waals surface area contributed by atoms with Gasteiger partial charge in [0.05, 0.1) is 34.3 Å². The fourth-order valence-corrected chi connectivity index (χ4v) is 5.19. The van der Waals surface area contributed by atoms with Gasteiger partial charge in [-0.15, -0.1) is 0 Å². The number of rotatable bonds is 11. The van der Waals surface area contributed by atoms with Crippen molar-refractivity contribution < 1.29 is 13.9 Å². The van der Waals surface area contributed by atoms with E-state index in [1.54, 1.807) is 19.4 Å². The Hall–Kier alpha value is -4.03. The first-order valence-corrected chi connectivity index (χ1v) is 14.7. The molecule has 2 aromatic carbocycles. The van der Waals surface area contributed by atoms with Gasteiger partial charge >= 0.3 is 0 Å². The Labute approximate surface area is 260 Å². The zero-order valence-electron chi connectivity index (χ0n) is 25.6. The molecule has 0 aliphatic carbocycles. The lowest BCUT2D eigenvalue weighted by molar-refractivity contribution is -0.111. The van der Waals surface area contributed by atoms with Gasteiger partial charge in [-0.2, -0.15) is 0 Å². The van der Waals surface area contributed by atoms with Crippen LogP contribution in [0.1, 0.15) is 26.3 Å². The Balaban J connectivity index is 1.72. The predicted molar refractivity (Wildman–Crippen MR) is 176 cm³/mol. The molecule has 1 aliphatic rings. The topological polar surface area (TPSA) is 98.2 Å². The zero-order valence-corrected chi connectivity index (χ0v) is 27.2. The average Bonchev–Trinajstić information content (AvgIpc) is 2.96. The molecule has 10 nitrogen and oxygen atoms in total. The number of likely N-dealkylation sites (N-methyl/N-ethyl adjacent to an activating group) is 2. The summed E-state index contributed by atoms with van der Waals surface area (Å²) in [5.41, 5.74) is 4.12. The van der Waals surface area contributed by atoms with Crippen molar-refractivity contribution in [2.45, 2.75) is 33.4 Å². The van der Waals surface area contributed by atoms with Crippen LogP contribution in [0, 0.1) is 5.82 Å². The molecule has 2 N–H and O–H groups in total. The number of aromatic nitrogens is 2. The maximum atomic E-state index is 15.3. The molecule has 0 unspecified atom stereocenters. The number of methoxy groups -OCH3 is 1. The molecule has 0 saturated heterocycles. The first-order valence-electron chi connectivity index (χ1n) is 13.9. The minimum atomic E-state index is -0.409. The predicted octanol–water partition coefficient (Wildman–Crippen LogP) is 6.19. The summed E-state index contributed by atoms with van der Waals surface area (Å²) in [4.78, 5) is 32.2. The fraction of sp³-hybridized carbons (Fsp3) is 0.355. The summed E-state index contributed by atoms with van der Waals surface area (Å²) in [5.74, 6) is 0.829. The van der Waals surface area contributed by atoms with E-state index in [1.165, 1.54) is 12.1 Å². The van der Waals surface area contributed by atoms with E-state index >= 15 is 4.39 Å². The monoisotopic (exact) mass is 652 g/mol. The molecule has 1 aromatic heterocycles. The van der Waals surface area contributed by atoms with Crippen LogP contribution in [0.5, 0.6) is 5.75 Å². The number of halogens is 2. The molecule has 1 amide bonds. The summed E-state index contributed by atoms with van der Waals surface area (Å²) in [6.45, 7) is 11.7.